The number of allylic oxidation sites excluding steroid dienone is 1. The summed E-state index contributed by atoms with van der Waals surface area (Å²) in [6.45, 7) is 3.64. The summed E-state index contributed by atoms with van der Waals surface area (Å²) in [6, 6.07) is 0. The summed E-state index contributed by atoms with van der Waals surface area (Å²) in [5.41, 5.74) is 0.776. The molecule has 0 radical (unpaired) electrons. The lowest BCUT2D eigenvalue weighted by Crippen LogP contribution is -2.40. The van der Waals surface area contributed by atoms with Crippen LogP contribution in [0.15, 0.2) is 11.1 Å². The number of carbonyl (C=O) groups excluding carboxylic acids is 1. The SMILES string of the molecule is C[C@@H]1CCC2=C(C(=O)CC2)[C@@]1(C)C(=O)O. The Bertz CT molecular complexity index is 367. The van der Waals surface area contributed by atoms with Gasteiger partial charge in [-0.1, -0.05) is 12.5 Å². The summed E-state index contributed by atoms with van der Waals surface area (Å²) in [6.07, 6.45) is 3.09. The molecule has 15 heavy (non-hydrogen) atoms. The van der Waals surface area contributed by atoms with Crippen LogP contribution in [0.5, 0.6) is 0 Å². The Labute approximate surface area is 89.2 Å². The van der Waals surface area contributed by atoms with Crippen LogP contribution in [0.25, 0.3) is 0 Å². The highest BCUT2D eigenvalue weighted by Crippen LogP contribution is 2.49. The van der Waals surface area contributed by atoms with Crippen molar-refractivity contribution < 1.29 is 14.7 Å². The summed E-state index contributed by atoms with van der Waals surface area (Å²) >= 11 is 0. The molecule has 0 aliphatic heterocycles. The van der Waals surface area contributed by atoms with E-state index in [2.05, 4.69) is 0 Å². The van der Waals surface area contributed by atoms with E-state index in [0.29, 0.717) is 12.0 Å². The van der Waals surface area contributed by atoms with E-state index in [1.807, 2.05) is 6.92 Å². The molecule has 3 nitrogen and oxygen atoms in total. The summed E-state index contributed by atoms with van der Waals surface area (Å²) in [5.74, 6) is -0.741. The van der Waals surface area contributed by atoms with E-state index in [0.717, 1.165) is 24.8 Å². The average Bonchev–Trinajstić information content (AvgIpc) is 2.54. The van der Waals surface area contributed by atoms with Crippen molar-refractivity contribution in [3.8, 4) is 0 Å². The summed E-state index contributed by atoms with van der Waals surface area (Å²) < 4.78 is 0. The van der Waals surface area contributed by atoms with Gasteiger partial charge in [0.15, 0.2) is 5.78 Å². The fraction of sp³-hybridized carbons (Fsp3) is 0.667. The van der Waals surface area contributed by atoms with E-state index < -0.39 is 11.4 Å². The summed E-state index contributed by atoms with van der Waals surface area (Å²) in [5, 5.41) is 9.35. The smallest absolute Gasteiger partial charge is 0.314 e. The number of Topliss-reactive ketones (excluding diaryl/α,β-unsaturated/α-hetero) is 1. The van der Waals surface area contributed by atoms with Crippen LogP contribution in [0.2, 0.25) is 0 Å². The Morgan fingerprint density at radius 1 is 1.40 bits per heavy atom. The molecule has 0 saturated heterocycles. The molecule has 0 aromatic carbocycles. The van der Waals surface area contributed by atoms with Crippen molar-refractivity contribution in [2.45, 2.75) is 39.5 Å². The van der Waals surface area contributed by atoms with Crippen molar-refractivity contribution in [2.75, 3.05) is 0 Å². The zero-order chi connectivity index (χ0) is 11.2. The van der Waals surface area contributed by atoms with Crippen LogP contribution in [0.1, 0.15) is 39.5 Å². The number of hydrogen-bond acceptors (Lipinski definition) is 2. The fourth-order valence-corrected chi connectivity index (χ4v) is 2.86. The van der Waals surface area contributed by atoms with E-state index in [-0.39, 0.29) is 11.7 Å². The van der Waals surface area contributed by atoms with Crippen LogP contribution in [0.4, 0.5) is 0 Å². The highest BCUT2D eigenvalue weighted by atomic mass is 16.4. The van der Waals surface area contributed by atoms with Gasteiger partial charge in [-0.05, 0) is 32.1 Å². The lowest BCUT2D eigenvalue weighted by molar-refractivity contribution is -0.150. The molecule has 0 spiro atoms. The Hall–Kier alpha value is -1.12. The van der Waals surface area contributed by atoms with Crippen molar-refractivity contribution in [1.82, 2.24) is 0 Å². The van der Waals surface area contributed by atoms with Crippen molar-refractivity contribution >= 4 is 11.8 Å². The van der Waals surface area contributed by atoms with Crippen LogP contribution in [-0.2, 0) is 9.59 Å². The Morgan fingerprint density at radius 3 is 2.67 bits per heavy atom. The fourth-order valence-electron chi connectivity index (χ4n) is 2.86. The van der Waals surface area contributed by atoms with Crippen LogP contribution >= 0.6 is 0 Å². The normalized spacial score (nSPS) is 35.6. The lowest BCUT2D eigenvalue weighted by atomic mass is 9.65. The third-order valence-corrected chi connectivity index (χ3v) is 4.11. The number of carboxylic acid groups (broad SMARTS) is 1. The molecule has 3 heteroatoms. The predicted octanol–water partition coefficient (Wildman–Crippen LogP) is 2.17. The minimum absolute atomic E-state index is 0.0517. The predicted molar refractivity (Wildman–Crippen MR) is 55.4 cm³/mol. The second kappa shape index (κ2) is 3.19. The van der Waals surface area contributed by atoms with Crippen molar-refractivity contribution in [3.05, 3.63) is 11.1 Å². The number of ketones is 1. The van der Waals surface area contributed by atoms with Gasteiger partial charge in [-0.15, -0.1) is 0 Å². The van der Waals surface area contributed by atoms with Gasteiger partial charge in [0.25, 0.3) is 0 Å². The van der Waals surface area contributed by atoms with E-state index in [9.17, 15) is 14.7 Å². The van der Waals surface area contributed by atoms with Crippen molar-refractivity contribution in [2.24, 2.45) is 11.3 Å². The molecular weight excluding hydrogens is 192 g/mol. The van der Waals surface area contributed by atoms with Crippen LogP contribution in [0, 0.1) is 11.3 Å². The number of hydrogen-bond donors (Lipinski definition) is 1. The minimum atomic E-state index is -0.943. The Kier molecular flexibility index (Phi) is 2.21. The zero-order valence-electron chi connectivity index (χ0n) is 9.17. The van der Waals surface area contributed by atoms with Gasteiger partial charge in [0.2, 0.25) is 0 Å². The van der Waals surface area contributed by atoms with Gasteiger partial charge >= 0.3 is 5.97 Å². The minimum Gasteiger partial charge on any atom is -0.481 e. The molecule has 2 aliphatic rings. The van der Waals surface area contributed by atoms with Crippen molar-refractivity contribution in [3.63, 3.8) is 0 Å². The molecule has 0 amide bonds. The molecule has 82 valence electrons. The molecule has 0 aromatic heterocycles. The third kappa shape index (κ3) is 1.25. The van der Waals surface area contributed by atoms with Crippen LogP contribution in [-0.4, -0.2) is 16.9 Å². The number of rotatable bonds is 1. The van der Waals surface area contributed by atoms with Gasteiger partial charge in [-0.2, -0.15) is 0 Å². The van der Waals surface area contributed by atoms with Gasteiger partial charge < -0.3 is 5.11 Å². The third-order valence-electron chi connectivity index (χ3n) is 4.11. The van der Waals surface area contributed by atoms with Crippen LogP contribution < -0.4 is 0 Å². The van der Waals surface area contributed by atoms with E-state index in [1.165, 1.54) is 0 Å². The second-order valence-electron chi connectivity index (χ2n) is 4.85. The quantitative estimate of drug-likeness (QED) is 0.718. The maximum absolute atomic E-state index is 11.8. The molecule has 2 atom stereocenters. The molecule has 0 bridgehead atoms. The zero-order valence-corrected chi connectivity index (χ0v) is 9.17. The molecule has 0 aromatic rings. The molecule has 1 N–H and O–H groups in total. The standard InChI is InChI=1S/C12H16O3/c1-7-3-4-8-5-6-9(13)10(8)12(7,2)11(14)15/h7H,3-6H2,1-2H3,(H,14,15)/t7-,12+/m1/s1. The monoisotopic (exact) mass is 208 g/mol. The van der Waals surface area contributed by atoms with Crippen molar-refractivity contribution in [1.29, 1.82) is 0 Å². The number of carbonyl (C=O) groups is 2. The number of aliphatic carboxylic acids is 1. The maximum atomic E-state index is 11.8. The first-order chi connectivity index (χ1) is 6.98. The first-order valence-corrected chi connectivity index (χ1v) is 5.47. The first-order valence-electron chi connectivity index (χ1n) is 5.47. The van der Waals surface area contributed by atoms with E-state index >= 15 is 0 Å². The Balaban J connectivity index is 2.54. The average molecular weight is 208 g/mol. The summed E-state index contributed by atoms with van der Waals surface area (Å²) in [7, 11) is 0. The highest BCUT2D eigenvalue weighted by molar-refractivity contribution is 6.05. The summed E-state index contributed by atoms with van der Waals surface area (Å²) in [4.78, 5) is 23.1. The number of carboxylic acids is 1. The molecular formula is C12H16O3. The molecule has 0 fully saturated rings. The molecule has 2 rings (SSSR count). The van der Waals surface area contributed by atoms with E-state index in [1.54, 1.807) is 6.92 Å². The Morgan fingerprint density at radius 2 is 2.07 bits per heavy atom. The lowest BCUT2D eigenvalue weighted by Gasteiger charge is -2.37. The van der Waals surface area contributed by atoms with Gasteiger partial charge in [0.1, 0.15) is 0 Å². The topological polar surface area (TPSA) is 54.4 Å². The van der Waals surface area contributed by atoms with Gasteiger partial charge in [0, 0.05) is 12.0 Å². The van der Waals surface area contributed by atoms with Gasteiger partial charge in [-0.3, -0.25) is 9.59 Å². The van der Waals surface area contributed by atoms with Gasteiger partial charge in [-0.25, -0.2) is 0 Å². The van der Waals surface area contributed by atoms with Gasteiger partial charge in [0.05, 0.1) is 5.41 Å². The van der Waals surface area contributed by atoms with Crippen LogP contribution in [0.3, 0.4) is 0 Å². The first kappa shape index (κ1) is 10.4. The molecule has 0 unspecified atom stereocenters. The maximum Gasteiger partial charge on any atom is 0.314 e. The molecule has 0 heterocycles. The van der Waals surface area contributed by atoms with E-state index in [4.69, 9.17) is 0 Å². The second-order valence-corrected chi connectivity index (χ2v) is 4.85. The molecule has 2 aliphatic carbocycles. The largest absolute Gasteiger partial charge is 0.481 e. The highest BCUT2D eigenvalue weighted by Gasteiger charge is 2.50. The molecule has 0 saturated carbocycles.